The van der Waals surface area contributed by atoms with E-state index in [4.69, 9.17) is 4.84 Å². The second-order valence-electron chi connectivity index (χ2n) is 8.83. The highest BCUT2D eigenvalue weighted by Crippen LogP contribution is 2.31. The molecule has 0 aliphatic carbocycles. The molecule has 0 aliphatic rings. The van der Waals surface area contributed by atoms with Gasteiger partial charge in [-0.1, -0.05) is 53.7 Å². The van der Waals surface area contributed by atoms with E-state index in [-0.39, 0.29) is 0 Å². The molecule has 0 radical (unpaired) electrons. The number of carbonyl (C=O) groups excluding carboxylic acids is 3. The van der Waals surface area contributed by atoms with Crippen molar-refractivity contribution < 1.29 is 19.2 Å². The van der Waals surface area contributed by atoms with Crippen LogP contribution in [0.15, 0.2) is 78.0 Å². The molecule has 0 atom stereocenters. The lowest BCUT2D eigenvalue weighted by Crippen LogP contribution is -2.26. The SMILES string of the molecule is CC(=O)ON=C(C(=O)c1ccc(N(C)C)c2ccccc12)C(=O)c1ccc(N(C)C)c2ccccc12. The number of ketones is 2. The van der Waals surface area contributed by atoms with Crippen molar-refractivity contribution in [2.45, 2.75) is 6.92 Å². The Bertz CT molecular complexity index is 1430. The zero-order valence-corrected chi connectivity index (χ0v) is 20.9. The van der Waals surface area contributed by atoms with Crippen LogP contribution in [0.1, 0.15) is 27.6 Å². The second kappa shape index (κ2) is 10.00. The molecule has 0 bridgehead atoms. The molecule has 7 nitrogen and oxygen atoms in total. The molecule has 182 valence electrons. The van der Waals surface area contributed by atoms with Gasteiger partial charge in [-0.3, -0.25) is 9.59 Å². The third-order valence-corrected chi connectivity index (χ3v) is 5.95. The first-order valence-electron chi connectivity index (χ1n) is 11.4. The number of nitrogens with zero attached hydrogens (tertiary/aromatic N) is 3. The van der Waals surface area contributed by atoms with Crippen molar-refractivity contribution in [3.63, 3.8) is 0 Å². The van der Waals surface area contributed by atoms with Crippen LogP contribution in [0.2, 0.25) is 0 Å². The fourth-order valence-corrected chi connectivity index (χ4v) is 4.29. The molecule has 4 rings (SSSR count). The Balaban J connectivity index is 1.89. The number of hydrogen-bond acceptors (Lipinski definition) is 7. The average molecular weight is 482 g/mol. The van der Waals surface area contributed by atoms with E-state index in [9.17, 15) is 14.4 Å². The van der Waals surface area contributed by atoms with Gasteiger partial charge in [0.25, 0.3) is 0 Å². The van der Waals surface area contributed by atoms with Crippen molar-refractivity contribution in [2.24, 2.45) is 5.16 Å². The minimum atomic E-state index is -0.728. The Morgan fingerprint density at radius 2 is 1.00 bits per heavy atom. The highest BCUT2D eigenvalue weighted by molar-refractivity contribution is 6.73. The number of oxime groups is 1. The van der Waals surface area contributed by atoms with Gasteiger partial charge in [0.2, 0.25) is 11.6 Å². The first kappa shape index (κ1) is 24.6. The molecule has 0 spiro atoms. The van der Waals surface area contributed by atoms with E-state index < -0.39 is 23.2 Å². The lowest BCUT2D eigenvalue weighted by Gasteiger charge is -2.18. The molecule has 0 aliphatic heterocycles. The Morgan fingerprint density at radius 1 is 0.611 bits per heavy atom. The predicted octanol–water partition coefficient (Wildman–Crippen LogP) is 5.11. The number of fused-ring (bicyclic) bond motifs is 2. The summed E-state index contributed by atoms with van der Waals surface area (Å²) in [6.07, 6.45) is 0. The molecular formula is C29H27N3O4. The van der Waals surface area contributed by atoms with Crippen molar-refractivity contribution in [1.29, 1.82) is 0 Å². The van der Waals surface area contributed by atoms with Gasteiger partial charge in [0.15, 0.2) is 5.71 Å². The van der Waals surface area contributed by atoms with Crippen LogP contribution in [-0.4, -0.2) is 51.4 Å². The van der Waals surface area contributed by atoms with E-state index in [0.717, 1.165) is 22.1 Å². The van der Waals surface area contributed by atoms with Gasteiger partial charge >= 0.3 is 5.97 Å². The van der Waals surface area contributed by atoms with Gasteiger partial charge in [-0.05, 0) is 35.0 Å². The lowest BCUT2D eigenvalue weighted by atomic mass is 9.92. The summed E-state index contributed by atoms with van der Waals surface area (Å²) in [5, 5.41) is 6.80. The minimum absolute atomic E-state index is 0.296. The van der Waals surface area contributed by atoms with E-state index in [1.165, 1.54) is 6.92 Å². The van der Waals surface area contributed by atoms with Crippen LogP contribution < -0.4 is 9.80 Å². The molecule has 7 heteroatoms. The van der Waals surface area contributed by atoms with Crippen LogP contribution in [0.5, 0.6) is 0 Å². The smallest absolute Gasteiger partial charge is 0.332 e. The molecule has 0 amide bonds. The zero-order valence-electron chi connectivity index (χ0n) is 20.9. The van der Waals surface area contributed by atoms with Gasteiger partial charge in [-0.25, -0.2) is 4.79 Å². The van der Waals surface area contributed by atoms with Crippen LogP contribution in [0.25, 0.3) is 21.5 Å². The first-order valence-corrected chi connectivity index (χ1v) is 11.4. The van der Waals surface area contributed by atoms with Crippen LogP contribution in [0.4, 0.5) is 11.4 Å². The van der Waals surface area contributed by atoms with Gasteiger partial charge < -0.3 is 14.6 Å². The summed E-state index contributed by atoms with van der Waals surface area (Å²) < 4.78 is 0. The van der Waals surface area contributed by atoms with Gasteiger partial charge in [-0.15, -0.1) is 0 Å². The predicted molar refractivity (Wildman–Crippen MR) is 144 cm³/mol. The van der Waals surface area contributed by atoms with E-state index >= 15 is 0 Å². The number of rotatable bonds is 7. The number of hydrogen-bond donors (Lipinski definition) is 0. The van der Waals surface area contributed by atoms with Crippen LogP contribution >= 0.6 is 0 Å². The molecular weight excluding hydrogens is 454 g/mol. The third-order valence-electron chi connectivity index (χ3n) is 5.95. The van der Waals surface area contributed by atoms with Crippen molar-refractivity contribution in [3.05, 3.63) is 83.9 Å². The molecule has 4 aromatic rings. The van der Waals surface area contributed by atoms with E-state index in [0.29, 0.717) is 21.9 Å². The van der Waals surface area contributed by atoms with Crippen LogP contribution in [0.3, 0.4) is 0 Å². The second-order valence-corrected chi connectivity index (χ2v) is 8.83. The topological polar surface area (TPSA) is 79.3 Å². The fraction of sp³-hybridized carbons (Fsp3) is 0.172. The highest BCUT2D eigenvalue weighted by Gasteiger charge is 2.28. The van der Waals surface area contributed by atoms with E-state index in [1.807, 2.05) is 98.7 Å². The average Bonchev–Trinajstić information content (AvgIpc) is 2.86. The zero-order chi connectivity index (χ0) is 26.0. The maximum atomic E-state index is 13.8. The Labute approximate surface area is 209 Å². The number of benzene rings is 4. The molecule has 36 heavy (non-hydrogen) atoms. The molecule has 0 N–H and O–H groups in total. The molecule has 0 saturated carbocycles. The standard InChI is InChI=1S/C29H27N3O4/c1-18(33)36-30-27(28(34)23-14-16-25(31(2)3)21-12-8-6-10-19(21)23)29(35)24-15-17-26(32(4)5)22-13-9-7-11-20(22)24/h6-17H,1-5H3. The van der Waals surface area contributed by atoms with Crippen molar-refractivity contribution >= 4 is 56.2 Å². The quantitative estimate of drug-likeness (QED) is 0.120. The van der Waals surface area contributed by atoms with Gasteiger partial charge in [-0.2, -0.15) is 0 Å². The van der Waals surface area contributed by atoms with Crippen LogP contribution in [-0.2, 0) is 9.63 Å². The maximum absolute atomic E-state index is 13.8. The summed E-state index contributed by atoms with van der Waals surface area (Å²) in [5.41, 5.74) is 1.99. The molecule has 0 heterocycles. The maximum Gasteiger partial charge on any atom is 0.332 e. The first-order chi connectivity index (χ1) is 17.2. The number of carbonyl (C=O) groups is 3. The largest absolute Gasteiger partial charge is 0.377 e. The Hall–Kier alpha value is -4.52. The van der Waals surface area contributed by atoms with Gasteiger partial charge in [0, 0.05) is 68.4 Å². The fourth-order valence-electron chi connectivity index (χ4n) is 4.29. The number of Topliss-reactive ketones (excluding diaryl/α,β-unsaturated/α-hetero) is 2. The third kappa shape index (κ3) is 4.55. The molecule has 0 aromatic heterocycles. The summed E-state index contributed by atoms with van der Waals surface area (Å²) in [6.45, 7) is 1.17. The van der Waals surface area contributed by atoms with Gasteiger partial charge in [0.05, 0.1) is 0 Å². The lowest BCUT2D eigenvalue weighted by molar-refractivity contribution is -0.140. The summed E-state index contributed by atoms with van der Waals surface area (Å²) in [7, 11) is 7.68. The molecule has 4 aromatic carbocycles. The highest BCUT2D eigenvalue weighted by atomic mass is 16.7. The molecule has 0 unspecified atom stereocenters. The van der Waals surface area contributed by atoms with Crippen molar-refractivity contribution in [1.82, 2.24) is 0 Å². The normalized spacial score (nSPS) is 10.7. The van der Waals surface area contributed by atoms with Crippen molar-refractivity contribution in [2.75, 3.05) is 38.0 Å². The van der Waals surface area contributed by atoms with Gasteiger partial charge in [0.1, 0.15) is 0 Å². The number of anilines is 2. The monoisotopic (exact) mass is 481 g/mol. The minimum Gasteiger partial charge on any atom is -0.377 e. The summed E-state index contributed by atoms with van der Waals surface area (Å²) in [6, 6.07) is 21.9. The summed E-state index contributed by atoms with van der Waals surface area (Å²) in [5.74, 6) is -1.97. The Kier molecular flexibility index (Phi) is 6.83. The molecule has 0 saturated heterocycles. The van der Waals surface area contributed by atoms with E-state index in [1.54, 1.807) is 12.1 Å². The van der Waals surface area contributed by atoms with E-state index in [2.05, 4.69) is 5.16 Å². The Morgan fingerprint density at radius 3 is 1.36 bits per heavy atom. The van der Waals surface area contributed by atoms with Crippen LogP contribution in [0, 0.1) is 0 Å². The van der Waals surface area contributed by atoms with Crippen molar-refractivity contribution in [3.8, 4) is 0 Å². The summed E-state index contributed by atoms with van der Waals surface area (Å²) in [4.78, 5) is 47.9. The molecule has 0 fully saturated rings. The summed E-state index contributed by atoms with van der Waals surface area (Å²) >= 11 is 0.